The molecule has 0 aromatic carbocycles. The Morgan fingerprint density at radius 2 is 2.17 bits per heavy atom. The summed E-state index contributed by atoms with van der Waals surface area (Å²) in [6, 6.07) is 0. The van der Waals surface area contributed by atoms with E-state index in [1.54, 1.807) is 0 Å². The Morgan fingerprint density at radius 1 is 1.39 bits per heavy atom. The minimum atomic E-state index is -3.19. The Morgan fingerprint density at radius 3 is 2.89 bits per heavy atom. The number of fused-ring (bicyclic) bond motifs is 1. The van der Waals surface area contributed by atoms with E-state index in [2.05, 4.69) is 30.0 Å². The van der Waals surface area contributed by atoms with Gasteiger partial charge in [-0.15, -0.1) is 0 Å². The average molecular weight is 291 g/mol. The maximum atomic E-state index is 10.9. The van der Waals surface area contributed by atoms with Crippen molar-refractivity contribution in [3.05, 3.63) is 11.6 Å². The summed E-state index contributed by atoms with van der Waals surface area (Å²) in [6.45, 7) is 0.616. The van der Waals surface area contributed by atoms with Gasteiger partial charge in [-0.3, -0.25) is 0 Å². The Balaban J connectivity index is 2.05. The number of sulfonamides is 1. The van der Waals surface area contributed by atoms with Gasteiger partial charge in [-0.25, -0.2) is 18.1 Å². The highest BCUT2D eigenvalue weighted by Crippen LogP contribution is 2.17. The van der Waals surface area contributed by atoms with Crippen molar-refractivity contribution in [2.24, 2.45) is 0 Å². The molecule has 98 valence electrons. The van der Waals surface area contributed by atoms with Crippen LogP contribution in [0.1, 0.15) is 0 Å². The molecule has 0 atom stereocenters. The predicted molar refractivity (Wildman–Crippen MR) is 68.0 cm³/mol. The van der Waals surface area contributed by atoms with Crippen LogP contribution in [0, 0.1) is 0 Å². The van der Waals surface area contributed by atoms with Crippen LogP contribution in [0.4, 0.5) is 5.82 Å². The standard InChI is InChI=1S/C8H11ClN6O2S/c1-18(16,17)13-3-2-10-6-5-7(12-4-11-5)15-8(9)14-6/h4,13H,2-3H2,1H3,(H2,10,11,12,14,15). The van der Waals surface area contributed by atoms with Crippen LogP contribution >= 0.6 is 11.6 Å². The summed E-state index contributed by atoms with van der Waals surface area (Å²) in [5, 5.41) is 3.03. The maximum absolute atomic E-state index is 10.9. The monoisotopic (exact) mass is 290 g/mol. The van der Waals surface area contributed by atoms with Crippen molar-refractivity contribution in [3.8, 4) is 0 Å². The highest BCUT2D eigenvalue weighted by Gasteiger charge is 2.08. The SMILES string of the molecule is CS(=O)(=O)NCCNc1nc(Cl)nc2nc[nH]c12. The van der Waals surface area contributed by atoms with Gasteiger partial charge in [0.2, 0.25) is 15.3 Å². The fourth-order valence-electron chi connectivity index (χ4n) is 1.35. The summed E-state index contributed by atoms with van der Waals surface area (Å²) in [6.07, 6.45) is 2.58. The summed E-state index contributed by atoms with van der Waals surface area (Å²) in [5.41, 5.74) is 1.08. The van der Waals surface area contributed by atoms with E-state index < -0.39 is 10.0 Å². The highest BCUT2D eigenvalue weighted by atomic mass is 35.5. The lowest BCUT2D eigenvalue weighted by atomic mass is 10.5. The average Bonchev–Trinajstić information content (AvgIpc) is 2.70. The van der Waals surface area contributed by atoms with Crippen LogP contribution in [0.3, 0.4) is 0 Å². The van der Waals surface area contributed by atoms with Gasteiger partial charge in [-0.05, 0) is 11.6 Å². The maximum Gasteiger partial charge on any atom is 0.226 e. The third kappa shape index (κ3) is 3.28. The molecule has 0 aliphatic rings. The van der Waals surface area contributed by atoms with Gasteiger partial charge in [0.05, 0.1) is 12.6 Å². The van der Waals surface area contributed by atoms with Crippen LogP contribution in [0.15, 0.2) is 6.33 Å². The van der Waals surface area contributed by atoms with E-state index in [9.17, 15) is 8.42 Å². The molecule has 0 spiro atoms. The molecule has 2 rings (SSSR count). The van der Waals surface area contributed by atoms with Crippen molar-refractivity contribution in [2.45, 2.75) is 0 Å². The number of halogens is 1. The smallest absolute Gasteiger partial charge is 0.226 e. The van der Waals surface area contributed by atoms with Gasteiger partial charge in [-0.1, -0.05) is 0 Å². The molecule has 0 saturated heterocycles. The van der Waals surface area contributed by atoms with E-state index >= 15 is 0 Å². The molecule has 0 radical (unpaired) electrons. The molecule has 10 heteroatoms. The van der Waals surface area contributed by atoms with E-state index in [1.807, 2.05) is 0 Å². The lowest BCUT2D eigenvalue weighted by Gasteiger charge is -2.06. The molecule has 2 aromatic rings. The summed E-state index contributed by atoms with van der Waals surface area (Å²) in [5.74, 6) is 0.484. The number of rotatable bonds is 5. The van der Waals surface area contributed by atoms with Crippen LogP contribution in [0.5, 0.6) is 0 Å². The fourth-order valence-corrected chi connectivity index (χ4v) is 1.99. The van der Waals surface area contributed by atoms with Gasteiger partial charge in [0.1, 0.15) is 5.52 Å². The fraction of sp³-hybridized carbons (Fsp3) is 0.375. The lowest BCUT2D eigenvalue weighted by molar-refractivity contribution is 0.589. The van der Waals surface area contributed by atoms with Crippen LogP contribution < -0.4 is 10.0 Å². The molecule has 8 nitrogen and oxygen atoms in total. The summed E-state index contributed by atoms with van der Waals surface area (Å²) >= 11 is 5.74. The van der Waals surface area contributed by atoms with Crippen molar-refractivity contribution in [3.63, 3.8) is 0 Å². The second-order valence-electron chi connectivity index (χ2n) is 3.54. The Kier molecular flexibility index (Phi) is 3.64. The lowest BCUT2D eigenvalue weighted by Crippen LogP contribution is -2.27. The van der Waals surface area contributed by atoms with Crippen molar-refractivity contribution in [1.82, 2.24) is 24.7 Å². The molecule has 0 aliphatic carbocycles. The van der Waals surface area contributed by atoms with Crippen LogP contribution in [0.2, 0.25) is 5.28 Å². The first kappa shape index (κ1) is 13.0. The molecule has 3 N–H and O–H groups in total. The quantitative estimate of drug-likeness (QED) is 0.526. The number of hydrogen-bond acceptors (Lipinski definition) is 6. The number of aromatic nitrogens is 4. The molecule has 0 aliphatic heterocycles. The minimum absolute atomic E-state index is 0.0770. The molecule has 2 heterocycles. The van der Waals surface area contributed by atoms with Crippen molar-refractivity contribution >= 4 is 38.6 Å². The number of aromatic amines is 1. The minimum Gasteiger partial charge on any atom is -0.367 e. The molecule has 0 bridgehead atoms. The summed E-state index contributed by atoms with van der Waals surface area (Å²) in [7, 11) is -3.19. The number of anilines is 1. The molecule has 0 fully saturated rings. The van der Waals surface area contributed by atoms with Crippen LogP contribution in [-0.2, 0) is 10.0 Å². The normalized spacial score (nSPS) is 11.9. The summed E-state index contributed by atoms with van der Waals surface area (Å²) in [4.78, 5) is 14.8. The Bertz CT molecular complexity index is 655. The van der Waals surface area contributed by atoms with Gasteiger partial charge in [0.25, 0.3) is 0 Å². The summed E-state index contributed by atoms with van der Waals surface area (Å²) < 4.78 is 24.1. The third-order valence-electron chi connectivity index (χ3n) is 2.04. The zero-order valence-electron chi connectivity index (χ0n) is 9.44. The van der Waals surface area contributed by atoms with Crippen molar-refractivity contribution in [1.29, 1.82) is 0 Å². The van der Waals surface area contributed by atoms with Gasteiger partial charge >= 0.3 is 0 Å². The Labute approximate surface area is 108 Å². The second-order valence-corrected chi connectivity index (χ2v) is 5.71. The highest BCUT2D eigenvalue weighted by molar-refractivity contribution is 7.88. The molecule has 0 amide bonds. The van der Waals surface area contributed by atoms with Crippen LogP contribution in [-0.4, -0.2) is 47.7 Å². The van der Waals surface area contributed by atoms with Crippen molar-refractivity contribution in [2.75, 3.05) is 24.7 Å². The molecule has 0 unspecified atom stereocenters. The van der Waals surface area contributed by atoms with E-state index in [0.29, 0.717) is 23.5 Å². The molecular formula is C8H11ClN6O2S. The van der Waals surface area contributed by atoms with Gasteiger partial charge in [-0.2, -0.15) is 9.97 Å². The largest absolute Gasteiger partial charge is 0.367 e. The number of imidazole rings is 1. The predicted octanol–water partition coefficient (Wildman–Crippen LogP) is -0.0326. The first-order valence-electron chi connectivity index (χ1n) is 5.01. The van der Waals surface area contributed by atoms with E-state index in [1.165, 1.54) is 6.33 Å². The van der Waals surface area contributed by atoms with Crippen molar-refractivity contribution < 1.29 is 8.42 Å². The van der Waals surface area contributed by atoms with E-state index in [-0.39, 0.29) is 11.8 Å². The third-order valence-corrected chi connectivity index (χ3v) is 2.94. The van der Waals surface area contributed by atoms with Gasteiger partial charge in [0, 0.05) is 13.1 Å². The van der Waals surface area contributed by atoms with E-state index in [0.717, 1.165) is 6.26 Å². The number of hydrogen-bond donors (Lipinski definition) is 3. The molecule has 18 heavy (non-hydrogen) atoms. The zero-order chi connectivity index (χ0) is 13.2. The van der Waals surface area contributed by atoms with Crippen LogP contribution in [0.25, 0.3) is 11.2 Å². The number of H-pyrrole nitrogens is 1. The topological polar surface area (TPSA) is 113 Å². The zero-order valence-corrected chi connectivity index (χ0v) is 11.0. The van der Waals surface area contributed by atoms with Gasteiger partial charge < -0.3 is 10.3 Å². The van der Waals surface area contributed by atoms with E-state index in [4.69, 9.17) is 11.6 Å². The first-order valence-corrected chi connectivity index (χ1v) is 7.28. The number of nitrogens with one attached hydrogen (secondary N) is 3. The first-order chi connectivity index (χ1) is 8.46. The number of nitrogens with zero attached hydrogens (tertiary/aromatic N) is 3. The Hall–Kier alpha value is -1.45. The van der Waals surface area contributed by atoms with Gasteiger partial charge in [0.15, 0.2) is 11.5 Å². The molecule has 2 aromatic heterocycles. The molecular weight excluding hydrogens is 280 g/mol. The molecule has 0 saturated carbocycles. The second kappa shape index (κ2) is 5.04.